The van der Waals surface area contributed by atoms with Crippen molar-refractivity contribution in [3.8, 4) is 0 Å². The van der Waals surface area contributed by atoms with E-state index < -0.39 is 12.1 Å². The molecule has 0 aliphatic carbocycles. The van der Waals surface area contributed by atoms with Crippen LogP contribution in [0.5, 0.6) is 0 Å². The maximum atomic E-state index is 12.3. The zero-order valence-corrected chi connectivity index (χ0v) is 31.5. The summed E-state index contributed by atoms with van der Waals surface area (Å²) >= 11 is 0. The fourth-order valence-electron chi connectivity index (χ4n) is 6.17. The van der Waals surface area contributed by atoms with Crippen LogP contribution in [0.2, 0.25) is 0 Å². The molecule has 0 rings (SSSR count). The number of allylic oxidation sites excluding steroid dienone is 5. The molecule has 2 unspecified atom stereocenters. The zero-order valence-electron chi connectivity index (χ0n) is 31.5. The molecule has 0 bridgehead atoms. The summed E-state index contributed by atoms with van der Waals surface area (Å²) in [7, 11) is 0. The zero-order chi connectivity index (χ0) is 34.3. The lowest BCUT2D eigenvalue weighted by atomic mass is 10.0. The van der Waals surface area contributed by atoms with Crippen molar-refractivity contribution in [2.75, 3.05) is 6.61 Å². The summed E-state index contributed by atoms with van der Waals surface area (Å²) in [6.45, 7) is 4.28. The molecule has 47 heavy (non-hydrogen) atoms. The van der Waals surface area contributed by atoms with Gasteiger partial charge in [0.05, 0.1) is 18.8 Å². The Kier molecular flexibility index (Phi) is 37.9. The van der Waals surface area contributed by atoms with E-state index in [1.807, 2.05) is 6.08 Å². The number of nitrogens with one attached hydrogen (secondary N) is 1. The van der Waals surface area contributed by atoms with Crippen molar-refractivity contribution in [1.29, 1.82) is 0 Å². The Bertz CT molecular complexity index is 716. The van der Waals surface area contributed by atoms with Gasteiger partial charge in [-0.2, -0.15) is 0 Å². The number of unbranched alkanes of at least 4 members (excludes halogenated alkanes) is 27. The summed E-state index contributed by atoms with van der Waals surface area (Å²) in [6.07, 6.45) is 51.0. The van der Waals surface area contributed by atoms with E-state index in [2.05, 4.69) is 43.5 Å². The summed E-state index contributed by atoms with van der Waals surface area (Å²) < 4.78 is 0. The molecular formula is C43H81NO3. The van der Waals surface area contributed by atoms with Gasteiger partial charge < -0.3 is 15.5 Å². The van der Waals surface area contributed by atoms with Crippen molar-refractivity contribution >= 4 is 5.91 Å². The Morgan fingerprint density at radius 3 is 1.28 bits per heavy atom. The maximum Gasteiger partial charge on any atom is 0.220 e. The highest BCUT2D eigenvalue weighted by molar-refractivity contribution is 5.76. The molecule has 3 N–H and O–H groups in total. The first-order chi connectivity index (χ1) is 23.2. The summed E-state index contributed by atoms with van der Waals surface area (Å²) in [5, 5.41) is 23.0. The molecule has 0 aliphatic heterocycles. The molecule has 0 aliphatic rings. The third kappa shape index (κ3) is 35.7. The highest BCUT2D eigenvalue weighted by Crippen LogP contribution is 2.15. The van der Waals surface area contributed by atoms with E-state index >= 15 is 0 Å². The summed E-state index contributed by atoms with van der Waals surface area (Å²) in [6, 6.07) is -0.627. The molecule has 4 heteroatoms. The van der Waals surface area contributed by atoms with Gasteiger partial charge in [0.15, 0.2) is 0 Å². The van der Waals surface area contributed by atoms with Crippen molar-refractivity contribution in [3.05, 3.63) is 36.5 Å². The minimum Gasteiger partial charge on any atom is -0.394 e. The Hall–Kier alpha value is -1.39. The molecule has 1 amide bonds. The van der Waals surface area contributed by atoms with Crippen molar-refractivity contribution in [2.45, 2.75) is 225 Å². The third-order valence-electron chi connectivity index (χ3n) is 9.40. The first kappa shape index (κ1) is 45.6. The number of aliphatic hydroxyl groups is 2. The van der Waals surface area contributed by atoms with Crippen LogP contribution in [0.3, 0.4) is 0 Å². The summed E-state index contributed by atoms with van der Waals surface area (Å²) in [5.41, 5.74) is 0. The van der Waals surface area contributed by atoms with Crippen LogP contribution in [0.15, 0.2) is 36.5 Å². The van der Waals surface area contributed by atoms with Gasteiger partial charge in [0.25, 0.3) is 0 Å². The van der Waals surface area contributed by atoms with Crippen molar-refractivity contribution in [2.24, 2.45) is 0 Å². The Labute approximate surface area is 293 Å². The lowest BCUT2D eigenvalue weighted by molar-refractivity contribution is -0.123. The van der Waals surface area contributed by atoms with E-state index in [9.17, 15) is 15.0 Å². The van der Waals surface area contributed by atoms with Crippen LogP contribution < -0.4 is 5.32 Å². The van der Waals surface area contributed by atoms with Crippen LogP contribution in [0.25, 0.3) is 0 Å². The Morgan fingerprint density at radius 2 is 0.851 bits per heavy atom. The number of hydrogen-bond donors (Lipinski definition) is 3. The van der Waals surface area contributed by atoms with Gasteiger partial charge in [0.2, 0.25) is 5.91 Å². The number of rotatable bonds is 37. The molecule has 0 heterocycles. The number of amides is 1. The summed E-state index contributed by atoms with van der Waals surface area (Å²) in [5.74, 6) is -0.0760. The predicted octanol–water partition coefficient (Wildman–Crippen LogP) is 12.6. The van der Waals surface area contributed by atoms with Gasteiger partial charge in [0.1, 0.15) is 0 Å². The molecule has 2 atom stereocenters. The van der Waals surface area contributed by atoms with Gasteiger partial charge in [-0.15, -0.1) is 0 Å². The average molecular weight is 660 g/mol. The second-order valence-corrected chi connectivity index (χ2v) is 14.1. The van der Waals surface area contributed by atoms with Crippen LogP contribution in [0, 0.1) is 0 Å². The van der Waals surface area contributed by atoms with Gasteiger partial charge in [-0.05, 0) is 44.9 Å². The molecule has 0 saturated carbocycles. The van der Waals surface area contributed by atoms with Crippen LogP contribution in [0.4, 0.5) is 0 Å². The van der Waals surface area contributed by atoms with Crippen molar-refractivity contribution in [1.82, 2.24) is 5.32 Å². The fraction of sp³-hybridized carbons (Fsp3) is 0.837. The second kappa shape index (κ2) is 39.1. The monoisotopic (exact) mass is 660 g/mol. The van der Waals surface area contributed by atoms with Gasteiger partial charge in [-0.1, -0.05) is 198 Å². The van der Waals surface area contributed by atoms with Gasteiger partial charge in [-0.3, -0.25) is 4.79 Å². The van der Waals surface area contributed by atoms with Crippen LogP contribution >= 0.6 is 0 Å². The lowest BCUT2D eigenvalue weighted by Gasteiger charge is -2.20. The van der Waals surface area contributed by atoms with Gasteiger partial charge >= 0.3 is 0 Å². The van der Waals surface area contributed by atoms with E-state index in [0.29, 0.717) is 6.42 Å². The molecule has 0 aromatic rings. The number of carbonyl (C=O) groups is 1. The molecule has 276 valence electrons. The van der Waals surface area contributed by atoms with E-state index in [1.54, 1.807) is 6.08 Å². The Balaban J connectivity index is 3.59. The second-order valence-electron chi connectivity index (χ2n) is 14.1. The number of hydrogen-bond acceptors (Lipinski definition) is 3. The topological polar surface area (TPSA) is 69.6 Å². The summed E-state index contributed by atoms with van der Waals surface area (Å²) in [4.78, 5) is 12.3. The van der Waals surface area contributed by atoms with Crippen LogP contribution in [-0.4, -0.2) is 34.9 Å². The Morgan fingerprint density at radius 1 is 0.511 bits per heavy atom. The standard InChI is InChI=1S/C43H81NO3/c1-3-5-7-9-11-13-15-17-19-20-21-22-23-25-26-28-30-32-34-36-38-42(46)41(40-45)44-43(47)39-37-35-33-31-29-27-24-18-16-14-12-10-8-6-4-2/h12,14,16,18,36,38,41-42,45-46H,3-11,13,15,17,19-35,37,39-40H2,1-2H3,(H,44,47)/b14-12-,18-16-,38-36+. The van der Waals surface area contributed by atoms with Crippen molar-refractivity contribution in [3.63, 3.8) is 0 Å². The molecule has 0 aromatic carbocycles. The fourth-order valence-corrected chi connectivity index (χ4v) is 6.17. The first-order valence-electron chi connectivity index (χ1n) is 20.7. The lowest BCUT2D eigenvalue weighted by Crippen LogP contribution is -2.45. The minimum absolute atomic E-state index is 0.0760. The van der Waals surface area contributed by atoms with E-state index in [0.717, 1.165) is 38.5 Å². The molecule has 0 radical (unpaired) electrons. The average Bonchev–Trinajstić information content (AvgIpc) is 3.07. The molecule has 0 saturated heterocycles. The molecule has 4 nitrogen and oxygen atoms in total. The van der Waals surface area contributed by atoms with Crippen LogP contribution in [0.1, 0.15) is 213 Å². The highest BCUT2D eigenvalue weighted by Gasteiger charge is 2.17. The van der Waals surface area contributed by atoms with E-state index in [1.165, 1.54) is 154 Å². The minimum atomic E-state index is -0.843. The maximum absolute atomic E-state index is 12.3. The van der Waals surface area contributed by atoms with E-state index in [-0.39, 0.29) is 12.5 Å². The largest absolute Gasteiger partial charge is 0.394 e. The molecule has 0 fully saturated rings. The quantitative estimate of drug-likeness (QED) is 0.0353. The third-order valence-corrected chi connectivity index (χ3v) is 9.40. The predicted molar refractivity (Wildman–Crippen MR) is 207 cm³/mol. The van der Waals surface area contributed by atoms with E-state index in [4.69, 9.17) is 0 Å². The first-order valence-corrected chi connectivity index (χ1v) is 20.7. The van der Waals surface area contributed by atoms with Gasteiger partial charge in [0, 0.05) is 6.42 Å². The number of carbonyl (C=O) groups excluding carboxylic acids is 1. The number of aliphatic hydroxyl groups excluding tert-OH is 2. The SMILES string of the molecule is CCCCC/C=C\C=C/CCCCCCCCC(=O)NC(CO)C(O)/C=C/CCCCCCCCCCCCCCCCCCCC. The highest BCUT2D eigenvalue weighted by atomic mass is 16.3. The molecule has 0 spiro atoms. The van der Waals surface area contributed by atoms with Crippen molar-refractivity contribution < 1.29 is 15.0 Å². The smallest absolute Gasteiger partial charge is 0.220 e. The molecule has 0 aromatic heterocycles. The molecular weight excluding hydrogens is 578 g/mol. The normalized spacial score (nSPS) is 13.4. The van der Waals surface area contributed by atoms with Gasteiger partial charge in [-0.25, -0.2) is 0 Å². The van der Waals surface area contributed by atoms with Crippen LogP contribution in [-0.2, 0) is 4.79 Å².